The fraction of sp³-hybridized carbons (Fsp3) is 0.647. The molecule has 2 heteroatoms. The van der Waals surface area contributed by atoms with Gasteiger partial charge in [0.2, 0.25) is 0 Å². The van der Waals surface area contributed by atoms with E-state index in [2.05, 4.69) is 44.2 Å². The Labute approximate surface area is 120 Å². The molecule has 19 heavy (non-hydrogen) atoms. The van der Waals surface area contributed by atoms with E-state index < -0.39 is 0 Å². The van der Waals surface area contributed by atoms with E-state index in [1.54, 1.807) is 0 Å². The molecule has 0 fully saturated rings. The van der Waals surface area contributed by atoms with E-state index in [-0.39, 0.29) is 8.15 Å². The third-order valence-corrected chi connectivity index (χ3v) is 5.43. The van der Waals surface area contributed by atoms with E-state index in [0.29, 0.717) is 0 Å². The van der Waals surface area contributed by atoms with Crippen LogP contribution < -0.4 is 0 Å². The van der Waals surface area contributed by atoms with Crippen molar-refractivity contribution in [3.05, 3.63) is 35.9 Å². The highest BCUT2D eigenvalue weighted by molar-refractivity contribution is 7.52. The molecule has 0 aliphatic heterocycles. The van der Waals surface area contributed by atoms with Crippen molar-refractivity contribution in [2.24, 2.45) is 0 Å². The molecule has 0 aliphatic rings. The van der Waals surface area contributed by atoms with Crippen molar-refractivity contribution < 1.29 is 4.52 Å². The van der Waals surface area contributed by atoms with Crippen LogP contribution in [0.15, 0.2) is 30.3 Å². The van der Waals surface area contributed by atoms with Gasteiger partial charge < -0.3 is 4.52 Å². The predicted octanol–water partition coefficient (Wildman–Crippen LogP) is 5.63. The van der Waals surface area contributed by atoms with Crippen LogP contribution in [0.2, 0.25) is 0 Å². The highest BCUT2D eigenvalue weighted by atomic mass is 31.1. The molecule has 1 nitrogen and oxygen atoms in total. The number of unbranched alkanes of at least 4 members (excludes halogenated alkanes) is 2. The van der Waals surface area contributed by atoms with Gasteiger partial charge >= 0.3 is 0 Å². The standard InChI is InChI=1S/C17H29OP/c1-3-5-15-19(16-6-4-2)18-14-10-13-17-11-8-7-9-12-17/h7-9,11-12H,3-6,10,13-16H2,1-2H3. The van der Waals surface area contributed by atoms with Gasteiger partial charge in [0.05, 0.1) is 6.61 Å². The van der Waals surface area contributed by atoms with E-state index >= 15 is 0 Å². The Kier molecular flexibility index (Phi) is 10.0. The Hall–Kier alpha value is -0.390. The van der Waals surface area contributed by atoms with Crippen LogP contribution in [-0.4, -0.2) is 18.9 Å². The number of benzene rings is 1. The number of hydrogen-bond acceptors (Lipinski definition) is 1. The fourth-order valence-electron chi connectivity index (χ4n) is 2.02. The zero-order valence-corrected chi connectivity index (χ0v) is 13.5. The second kappa shape index (κ2) is 11.4. The number of aryl methyl sites for hydroxylation is 1. The minimum atomic E-state index is -0.153. The molecule has 0 aliphatic carbocycles. The van der Waals surface area contributed by atoms with Gasteiger partial charge in [-0.3, -0.25) is 0 Å². The SMILES string of the molecule is CCCCP(CCCC)OCCCc1ccccc1. The first-order chi connectivity index (χ1) is 9.36. The lowest BCUT2D eigenvalue weighted by molar-refractivity contribution is 0.342. The molecule has 1 aromatic rings. The van der Waals surface area contributed by atoms with Crippen LogP contribution in [-0.2, 0) is 10.9 Å². The summed E-state index contributed by atoms with van der Waals surface area (Å²) in [4.78, 5) is 0. The summed E-state index contributed by atoms with van der Waals surface area (Å²) in [6.07, 6.45) is 10.1. The minimum Gasteiger partial charge on any atom is -0.359 e. The third-order valence-electron chi connectivity index (χ3n) is 3.25. The van der Waals surface area contributed by atoms with Crippen LogP contribution in [0.25, 0.3) is 0 Å². The van der Waals surface area contributed by atoms with Crippen molar-refractivity contribution in [2.75, 3.05) is 18.9 Å². The summed E-state index contributed by atoms with van der Waals surface area (Å²) in [6, 6.07) is 10.7. The predicted molar refractivity (Wildman–Crippen MR) is 87.2 cm³/mol. The lowest BCUT2D eigenvalue weighted by Crippen LogP contribution is -1.99. The van der Waals surface area contributed by atoms with Crippen molar-refractivity contribution >= 4 is 8.15 Å². The molecule has 0 saturated carbocycles. The molecule has 108 valence electrons. The number of rotatable bonds is 11. The molecule has 1 aromatic carbocycles. The quantitative estimate of drug-likeness (QED) is 0.377. The van der Waals surface area contributed by atoms with Crippen molar-refractivity contribution in [1.29, 1.82) is 0 Å². The summed E-state index contributed by atoms with van der Waals surface area (Å²) in [5, 5.41) is 0. The van der Waals surface area contributed by atoms with Crippen LogP contribution >= 0.6 is 8.15 Å². The van der Waals surface area contributed by atoms with Gasteiger partial charge in [-0.2, -0.15) is 0 Å². The highest BCUT2D eigenvalue weighted by Gasteiger charge is 2.07. The highest BCUT2D eigenvalue weighted by Crippen LogP contribution is 2.39. The fourth-order valence-corrected chi connectivity index (χ4v) is 4.23. The Bertz CT molecular complexity index is 291. The average molecular weight is 280 g/mol. The van der Waals surface area contributed by atoms with Gasteiger partial charge in [-0.15, -0.1) is 0 Å². The summed E-state index contributed by atoms with van der Waals surface area (Å²) in [6.45, 7) is 5.47. The van der Waals surface area contributed by atoms with Crippen LogP contribution in [0.3, 0.4) is 0 Å². The molecule has 0 aromatic heterocycles. The minimum absolute atomic E-state index is 0.153. The lowest BCUT2D eigenvalue weighted by Gasteiger charge is -2.17. The number of hydrogen-bond donors (Lipinski definition) is 0. The second-order valence-electron chi connectivity index (χ2n) is 5.06. The van der Waals surface area contributed by atoms with Gasteiger partial charge in [-0.1, -0.05) is 57.0 Å². The topological polar surface area (TPSA) is 9.23 Å². The van der Waals surface area contributed by atoms with Crippen molar-refractivity contribution in [3.8, 4) is 0 Å². The van der Waals surface area contributed by atoms with E-state index in [1.807, 2.05) is 0 Å². The van der Waals surface area contributed by atoms with E-state index in [9.17, 15) is 0 Å². The Morgan fingerprint density at radius 3 is 2.11 bits per heavy atom. The third kappa shape index (κ3) is 8.39. The normalized spacial score (nSPS) is 11.1. The Balaban J connectivity index is 2.16. The zero-order valence-electron chi connectivity index (χ0n) is 12.6. The monoisotopic (exact) mass is 280 g/mol. The first-order valence-electron chi connectivity index (χ1n) is 7.78. The van der Waals surface area contributed by atoms with Crippen molar-refractivity contribution in [3.63, 3.8) is 0 Å². The molecule has 0 atom stereocenters. The van der Waals surface area contributed by atoms with Crippen molar-refractivity contribution in [1.82, 2.24) is 0 Å². The molecule has 0 spiro atoms. The van der Waals surface area contributed by atoms with Gasteiger partial charge in [-0.25, -0.2) is 0 Å². The molecule has 0 N–H and O–H groups in total. The van der Waals surface area contributed by atoms with E-state index in [1.165, 1.54) is 43.6 Å². The molecule has 0 bridgehead atoms. The Morgan fingerprint density at radius 2 is 1.53 bits per heavy atom. The molecular weight excluding hydrogens is 251 g/mol. The van der Waals surface area contributed by atoms with Gasteiger partial charge in [-0.05, 0) is 43.6 Å². The lowest BCUT2D eigenvalue weighted by atomic mass is 10.1. The zero-order chi connectivity index (χ0) is 13.8. The maximum absolute atomic E-state index is 6.13. The maximum Gasteiger partial charge on any atom is 0.0512 e. The average Bonchev–Trinajstić information content (AvgIpc) is 2.46. The largest absolute Gasteiger partial charge is 0.359 e. The van der Waals surface area contributed by atoms with Gasteiger partial charge in [0, 0.05) is 8.15 Å². The van der Waals surface area contributed by atoms with E-state index in [0.717, 1.165) is 19.4 Å². The van der Waals surface area contributed by atoms with Gasteiger partial charge in [0.15, 0.2) is 0 Å². The summed E-state index contributed by atoms with van der Waals surface area (Å²) < 4.78 is 6.13. The molecule has 0 radical (unpaired) electrons. The maximum atomic E-state index is 6.13. The summed E-state index contributed by atoms with van der Waals surface area (Å²) in [7, 11) is -0.153. The van der Waals surface area contributed by atoms with Gasteiger partial charge in [0.1, 0.15) is 0 Å². The van der Waals surface area contributed by atoms with Gasteiger partial charge in [0.25, 0.3) is 0 Å². The summed E-state index contributed by atoms with van der Waals surface area (Å²) >= 11 is 0. The first kappa shape index (κ1) is 16.7. The molecular formula is C17H29OP. The molecule has 0 unspecified atom stereocenters. The summed E-state index contributed by atoms with van der Waals surface area (Å²) in [5.41, 5.74) is 1.43. The smallest absolute Gasteiger partial charge is 0.0512 e. The second-order valence-corrected chi connectivity index (χ2v) is 7.17. The molecule has 1 rings (SSSR count). The van der Waals surface area contributed by atoms with Crippen LogP contribution in [0.5, 0.6) is 0 Å². The molecule has 0 saturated heterocycles. The molecule has 0 amide bonds. The molecule has 0 heterocycles. The Morgan fingerprint density at radius 1 is 0.895 bits per heavy atom. The summed E-state index contributed by atoms with van der Waals surface area (Å²) in [5.74, 6) is 0. The van der Waals surface area contributed by atoms with E-state index in [4.69, 9.17) is 4.52 Å². The van der Waals surface area contributed by atoms with Crippen LogP contribution in [0.1, 0.15) is 51.5 Å². The van der Waals surface area contributed by atoms with Crippen LogP contribution in [0, 0.1) is 0 Å². The first-order valence-corrected chi connectivity index (χ1v) is 9.41. The van der Waals surface area contributed by atoms with Crippen molar-refractivity contribution in [2.45, 2.75) is 52.4 Å². The van der Waals surface area contributed by atoms with Crippen LogP contribution in [0.4, 0.5) is 0 Å².